The largest absolute Gasteiger partial charge is 0.394 e. The van der Waals surface area contributed by atoms with Crippen molar-refractivity contribution in [2.24, 2.45) is 28.7 Å². The number of nitro groups is 2. The summed E-state index contributed by atoms with van der Waals surface area (Å²) in [6.07, 6.45) is -8.20. The molecule has 0 aliphatic rings. The number of nitrogens with one attached hydrogen (secondary N) is 13. The van der Waals surface area contributed by atoms with Gasteiger partial charge in [-0.3, -0.25) is 70.6 Å². The molecule has 0 radical (unpaired) electrons. The monoisotopic (exact) mass is 1050 g/mol. The summed E-state index contributed by atoms with van der Waals surface area (Å²) in [5.41, 5.74) is 25.6. The summed E-state index contributed by atoms with van der Waals surface area (Å²) in [6, 6.07) is 22.5. The number of nitrogens with two attached hydrogens (primary N) is 5. The van der Waals surface area contributed by atoms with Crippen LogP contribution in [-0.4, -0.2) is 112 Å². The molecule has 6 unspecified atom stereocenters. The third kappa shape index (κ3) is 14.4. The van der Waals surface area contributed by atoms with Crippen LogP contribution in [0.5, 0.6) is 0 Å². The number of aliphatic hydroxyl groups is 1. The number of guanidine groups is 4. The van der Waals surface area contributed by atoms with Crippen molar-refractivity contribution >= 4 is 97.9 Å². The molecule has 0 saturated carbocycles. The van der Waals surface area contributed by atoms with Crippen molar-refractivity contribution in [2.45, 2.75) is 43.3 Å². The van der Waals surface area contributed by atoms with E-state index in [4.69, 9.17) is 50.3 Å². The third-order valence-electron chi connectivity index (χ3n) is 10.8. The van der Waals surface area contributed by atoms with E-state index in [1.165, 1.54) is 24.3 Å². The average molecular weight is 1050 g/mol. The summed E-state index contributed by atoms with van der Waals surface area (Å²) in [5, 5.41) is 88.2. The van der Waals surface area contributed by atoms with Gasteiger partial charge >= 0.3 is 0 Å². The Morgan fingerprint density at radius 2 is 0.961 bits per heavy atom. The van der Waals surface area contributed by atoms with Gasteiger partial charge in [0.05, 0.1) is 22.5 Å². The molecule has 0 aromatic heterocycles. The minimum atomic E-state index is -2.16. The molecule has 24 N–H and O–H groups in total. The first-order valence-electron chi connectivity index (χ1n) is 22.0. The van der Waals surface area contributed by atoms with Crippen LogP contribution in [0.2, 0.25) is 0 Å². The number of primary amides is 1. The van der Waals surface area contributed by atoms with Gasteiger partial charge in [-0.25, -0.2) is 0 Å². The summed E-state index contributed by atoms with van der Waals surface area (Å²) in [6.45, 7) is -1.43. The van der Waals surface area contributed by atoms with E-state index < -0.39 is 124 Å². The number of carbonyl (C=O) groups is 6. The van der Waals surface area contributed by atoms with Gasteiger partial charge in [0, 0.05) is 12.6 Å². The number of rotatable bonds is 23. The summed E-state index contributed by atoms with van der Waals surface area (Å²) in [4.78, 5) is 106. The van der Waals surface area contributed by atoms with E-state index in [1.807, 2.05) is 34.1 Å². The Morgan fingerprint density at radius 3 is 1.39 bits per heavy atom. The molecule has 0 heterocycles. The molecular formula is C44H51N21O11. The van der Waals surface area contributed by atoms with Crippen LogP contribution in [0, 0.1) is 41.9 Å². The number of benzene rings is 5. The Labute approximate surface area is 428 Å². The fourth-order valence-electron chi connectivity index (χ4n) is 7.54. The van der Waals surface area contributed by atoms with Gasteiger partial charge in [-0.15, -0.1) is 0 Å². The maximum absolute atomic E-state index is 14.8. The molecule has 0 spiro atoms. The number of fused-ring (bicyclic) bond motifs is 2. The number of anilines is 1. The molecule has 0 saturated heterocycles. The molecular weight excluding hydrogens is 999 g/mol. The molecule has 5 rings (SSSR count). The summed E-state index contributed by atoms with van der Waals surface area (Å²) in [5.74, 6) is -11.4. The number of non-ortho nitro benzene ring substituents is 1. The minimum absolute atomic E-state index is 0.0369. The fraction of sp³-hybridized carbons (Fsp3) is 0.182. The van der Waals surface area contributed by atoms with Gasteiger partial charge in [-0.1, -0.05) is 78.9 Å². The first kappa shape index (κ1) is 56.0. The van der Waals surface area contributed by atoms with Crippen LogP contribution >= 0.6 is 0 Å². The lowest BCUT2D eigenvalue weighted by molar-refractivity contribution is -0.393. The van der Waals surface area contributed by atoms with E-state index in [9.17, 15) is 54.1 Å². The maximum atomic E-state index is 14.8. The summed E-state index contributed by atoms with van der Waals surface area (Å²) in [7, 11) is 0. The highest BCUT2D eigenvalue weighted by Gasteiger charge is 2.37. The van der Waals surface area contributed by atoms with Crippen LogP contribution < -0.4 is 81.4 Å². The number of hydrogen-bond acceptors (Lipinski definition) is 16. The standard InChI is InChI=1S/C44H51N21O11/c45-31(67)32(59-41(46)47)55-38(70)34(61-43(50)51)57-40(72)35(62-44(52)53)58-39(71)33(60-42(48)49)56-37(69)30(20-8-2-1-3-9-20)54-36(68)29(19-66)63(27-15-14-23(64(73)74)17-28(27)65(75)76)18-26-24-12-6-4-10-21(24)16-22-11-5-7-13-25(22)26/h1-17,29-30,32-35,66H,18-19H2,(H2,45,67)(H,54,68)(H,55,70)(H,56,69)(H,57,72)(H,58,71)(H4,46,47,59)(H4,48,49,60)(H4,50,51,61)(H4,52,53,62). The predicted molar refractivity (Wildman–Crippen MR) is 273 cm³/mol. The molecule has 6 amide bonds. The molecule has 32 nitrogen and oxygen atoms in total. The third-order valence-corrected chi connectivity index (χ3v) is 10.8. The van der Waals surface area contributed by atoms with E-state index in [0.717, 1.165) is 27.8 Å². The molecule has 32 heteroatoms. The highest BCUT2D eigenvalue weighted by atomic mass is 16.6. The fourth-order valence-corrected chi connectivity index (χ4v) is 7.54. The van der Waals surface area contributed by atoms with Gasteiger partial charge in [0.15, 0.2) is 48.5 Å². The van der Waals surface area contributed by atoms with Crippen molar-refractivity contribution in [1.29, 1.82) is 21.6 Å². The topological polar surface area (TPSA) is 546 Å². The normalized spacial score (nSPS) is 13.1. The van der Waals surface area contributed by atoms with Gasteiger partial charge in [0.1, 0.15) is 17.8 Å². The van der Waals surface area contributed by atoms with E-state index in [-0.39, 0.29) is 17.8 Å². The van der Waals surface area contributed by atoms with Crippen LogP contribution in [0.1, 0.15) is 17.2 Å². The Balaban J connectivity index is 1.51. The van der Waals surface area contributed by atoms with Gasteiger partial charge in [-0.2, -0.15) is 0 Å². The van der Waals surface area contributed by atoms with Crippen LogP contribution in [0.15, 0.2) is 103 Å². The van der Waals surface area contributed by atoms with Gasteiger partial charge in [-0.05, 0) is 44.8 Å². The second-order valence-corrected chi connectivity index (χ2v) is 16.1. The lowest BCUT2D eigenvalue weighted by atomic mass is 9.95. The van der Waals surface area contributed by atoms with Crippen molar-refractivity contribution < 1.29 is 43.7 Å². The van der Waals surface area contributed by atoms with E-state index in [1.54, 1.807) is 42.5 Å². The highest BCUT2D eigenvalue weighted by Crippen LogP contribution is 2.37. The summed E-state index contributed by atoms with van der Waals surface area (Å²) >= 11 is 0. The molecule has 5 aromatic carbocycles. The molecule has 0 aliphatic carbocycles. The Morgan fingerprint density at radius 1 is 0.526 bits per heavy atom. The maximum Gasteiger partial charge on any atom is 0.299 e. The highest BCUT2D eigenvalue weighted by molar-refractivity contribution is 6.03. The average Bonchev–Trinajstić information content (AvgIpc) is 3.36. The lowest BCUT2D eigenvalue weighted by Gasteiger charge is -2.33. The number of nitrogens with zero attached hydrogens (tertiary/aromatic N) is 3. The Hall–Kier alpha value is -10.9. The molecule has 0 bridgehead atoms. The molecule has 76 heavy (non-hydrogen) atoms. The van der Waals surface area contributed by atoms with Crippen molar-refractivity contribution in [1.82, 2.24) is 47.9 Å². The van der Waals surface area contributed by atoms with E-state index >= 15 is 0 Å². The predicted octanol–water partition coefficient (Wildman–Crippen LogP) is -3.78. The molecule has 5 aromatic rings. The second kappa shape index (κ2) is 25.0. The quantitative estimate of drug-likeness (QED) is 0.00745. The number of amides is 6. The van der Waals surface area contributed by atoms with Gasteiger partial charge < -0.3 is 86.5 Å². The molecule has 6 atom stereocenters. The van der Waals surface area contributed by atoms with Crippen molar-refractivity contribution in [3.63, 3.8) is 0 Å². The number of nitro benzene ring substituents is 2. The first-order chi connectivity index (χ1) is 36.0. The van der Waals surface area contributed by atoms with Crippen LogP contribution in [0.25, 0.3) is 21.5 Å². The smallest absolute Gasteiger partial charge is 0.299 e. The zero-order valence-electron chi connectivity index (χ0n) is 39.5. The molecule has 0 aliphatic heterocycles. The zero-order valence-corrected chi connectivity index (χ0v) is 39.5. The SMILES string of the molecule is N=C(N)NC(NC(=O)C(NC(=N)N)NC(=O)C(NC(=N)N)NC(=O)C(NC(=N)N)NC(=O)C(NC(=O)C(CO)N(Cc1c2ccccc2cc2ccccc12)c1ccc([N+](=O)[O-])cc1[N+](=O)[O-])c1ccccc1)C(N)=O. The Bertz CT molecular complexity index is 3070. The Kier molecular flexibility index (Phi) is 18.4. The first-order valence-corrected chi connectivity index (χ1v) is 22.0. The second-order valence-electron chi connectivity index (χ2n) is 16.1. The molecule has 0 fully saturated rings. The van der Waals surface area contributed by atoms with Crippen LogP contribution in [-0.2, 0) is 35.3 Å². The van der Waals surface area contributed by atoms with Crippen LogP contribution in [0.4, 0.5) is 17.1 Å². The zero-order chi connectivity index (χ0) is 56.0. The summed E-state index contributed by atoms with van der Waals surface area (Å²) < 4.78 is 0. The number of carbonyl (C=O) groups excluding carboxylic acids is 6. The van der Waals surface area contributed by atoms with Crippen LogP contribution in [0.3, 0.4) is 0 Å². The van der Waals surface area contributed by atoms with Crippen molar-refractivity contribution in [2.75, 3.05) is 11.5 Å². The van der Waals surface area contributed by atoms with Crippen molar-refractivity contribution in [3.8, 4) is 0 Å². The van der Waals surface area contributed by atoms with E-state index in [0.29, 0.717) is 22.4 Å². The number of hydrogen-bond donors (Lipinski definition) is 19. The van der Waals surface area contributed by atoms with Crippen molar-refractivity contribution in [3.05, 3.63) is 134 Å². The number of aliphatic hydroxyl groups excluding tert-OH is 1. The molecule has 398 valence electrons. The van der Waals surface area contributed by atoms with Gasteiger partial charge in [0.25, 0.3) is 35.0 Å². The minimum Gasteiger partial charge on any atom is -0.394 e. The lowest BCUT2D eigenvalue weighted by Crippen LogP contribution is -2.68. The van der Waals surface area contributed by atoms with Gasteiger partial charge in [0.2, 0.25) is 11.8 Å². The van der Waals surface area contributed by atoms with E-state index in [2.05, 4.69) is 31.9 Å².